The minimum atomic E-state index is -1.65. The van der Waals surface area contributed by atoms with Gasteiger partial charge in [-0.15, -0.1) is 0 Å². The number of hydrogen-bond acceptors (Lipinski definition) is 8. The average Bonchev–Trinajstić information content (AvgIpc) is 3.51. The molecule has 6 rings (SSSR count). The molecule has 1 atom stereocenters. The van der Waals surface area contributed by atoms with Gasteiger partial charge in [0.15, 0.2) is 5.54 Å². The van der Waals surface area contributed by atoms with Crippen molar-refractivity contribution >= 4 is 34.8 Å². The van der Waals surface area contributed by atoms with E-state index in [-0.39, 0.29) is 30.7 Å². The maximum atomic E-state index is 13.2. The highest BCUT2D eigenvalue weighted by atomic mass is 16.5. The van der Waals surface area contributed by atoms with Crippen LogP contribution in [-0.4, -0.2) is 46.4 Å². The van der Waals surface area contributed by atoms with E-state index in [0.717, 1.165) is 5.56 Å². The Balaban J connectivity index is 1.39. The third kappa shape index (κ3) is 3.57. The fourth-order valence-electron chi connectivity index (χ4n) is 4.77. The lowest BCUT2D eigenvalue weighted by atomic mass is 9.95. The number of fused-ring (bicyclic) bond motifs is 2. The molecule has 0 radical (unpaired) electrons. The Hall–Kier alpha value is -5.13. The molecule has 5 N–H and O–H groups in total. The minimum absolute atomic E-state index is 0.0198. The molecular formula is C25H20N6O6. The standard InChI is InChI=1S/C25H20N6O6/c1-36-15-4-2-13-10-31(21(33)16(13)8-15)11-25(22(34)29-24(35)30-25)19-7-14-6-12(3-5-18(14)37-19)17-9-20(32)28-23(26)27-17/h2-9H,10-11H2,1H3,(H3,26,27,28,32)(H2,29,30,34,35). The molecule has 4 aromatic rings. The molecule has 0 aliphatic carbocycles. The fraction of sp³-hybridized carbons (Fsp3) is 0.160. The number of carbonyl (C=O) groups is 3. The van der Waals surface area contributed by atoms with Gasteiger partial charge in [-0.1, -0.05) is 6.07 Å². The fourth-order valence-corrected chi connectivity index (χ4v) is 4.77. The Morgan fingerprint density at radius 3 is 2.68 bits per heavy atom. The van der Waals surface area contributed by atoms with E-state index in [1.807, 2.05) is 0 Å². The number of hydrogen-bond donors (Lipinski definition) is 4. The van der Waals surface area contributed by atoms with Gasteiger partial charge in [0.2, 0.25) is 5.95 Å². The van der Waals surface area contributed by atoms with Crippen molar-refractivity contribution in [1.82, 2.24) is 25.5 Å². The Bertz CT molecular complexity index is 1690. The number of carbonyl (C=O) groups excluding carboxylic acids is 3. The number of urea groups is 1. The molecule has 12 heteroatoms. The number of amides is 4. The molecule has 2 aromatic heterocycles. The van der Waals surface area contributed by atoms with Crippen molar-refractivity contribution < 1.29 is 23.5 Å². The lowest BCUT2D eigenvalue weighted by Gasteiger charge is -2.29. The second-order valence-electron chi connectivity index (χ2n) is 8.88. The first-order valence-electron chi connectivity index (χ1n) is 11.3. The van der Waals surface area contributed by atoms with Crippen LogP contribution >= 0.6 is 0 Å². The summed E-state index contributed by atoms with van der Waals surface area (Å²) in [5.41, 5.74) is 6.28. The number of nitrogens with two attached hydrogens (primary N) is 1. The summed E-state index contributed by atoms with van der Waals surface area (Å²) in [5, 5.41) is 5.52. The van der Waals surface area contributed by atoms with Crippen LogP contribution in [0.25, 0.3) is 22.2 Å². The van der Waals surface area contributed by atoms with Crippen molar-refractivity contribution in [3.8, 4) is 17.0 Å². The monoisotopic (exact) mass is 500 g/mol. The Labute approximate surface area is 208 Å². The Kier molecular flexibility index (Phi) is 4.80. The van der Waals surface area contributed by atoms with Crippen LogP contribution < -0.4 is 26.7 Å². The number of benzene rings is 2. The number of nitrogens with one attached hydrogen (secondary N) is 3. The number of imide groups is 1. The zero-order valence-corrected chi connectivity index (χ0v) is 19.5. The van der Waals surface area contributed by atoms with Crippen LogP contribution in [0, 0.1) is 0 Å². The molecule has 4 amide bonds. The van der Waals surface area contributed by atoms with E-state index < -0.39 is 23.0 Å². The first kappa shape index (κ1) is 22.3. The topological polar surface area (TPSA) is 173 Å². The zero-order chi connectivity index (χ0) is 25.9. The van der Waals surface area contributed by atoms with E-state index in [2.05, 4.69) is 20.6 Å². The van der Waals surface area contributed by atoms with Crippen molar-refractivity contribution in [3.05, 3.63) is 75.8 Å². The summed E-state index contributed by atoms with van der Waals surface area (Å²) in [7, 11) is 1.51. The molecule has 0 spiro atoms. The van der Waals surface area contributed by atoms with Crippen LogP contribution in [0.2, 0.25) is 0 Å². The predicted molar refractivity (Wildman–Crippen MR) is 131 cm³/mol. The normalized spacial score (nSPS) is 18.7. The highest BCUT2D eigenvalue weighted by Crippen LogP contribution is 2.36. The van der Waals surface area contributed by atoms with Gasteiger partial charge in [-0.25, -0.2) is 9.78 Å². The van der Waals surface area contributed by atoms with Gasteiger partial charge in [0.1, 0.15) is 17.1 Å². The number of rotatable bonds is 5. The third-order valence-electron chi connectivity index (χ3n) is 6.56. The summed E-state index contributed by atoms with van der Waals surface area (Å²) in [5.74, 6) is -0.252. The van der Waals surface area contributed by atoms with Crippen molar-refractivity contribution in [1.29, 1.82) is 0 Å². The first-order chi connectivity index (χ1) is 17.8. The number of nitrogen functional groups attached to an aromatic ring is 1. The molecule has 37 heavy (non-hydrogen) atoms. The molecule has 4 heterocycles. The number of nitrogens with zero attached hydrogens (tertiary/aromatic N) is 2. The van der Waals surface area contributed by atoms with Crippen molar-refractivity contribution in [3.63, 3.8) is 0 Å². The molecule has 0 saturated carbocycles. The van der Waals surface area contributed by atoms with E-state index in [1.54, 1.807) is 42.5 Å². The first-order valence-corrected chi connectivity index (χ1v) is 11.3. The van der Waals surface area contributed by atoms with Crippen LogP contribution in [0.15, 0.2) is 57.7 Å². The number of H-pyrrole nitrogens is 1. The van der Waals surface area contributed by atoms with Gasteiger partial charge in [0.25, 0.3) is 17.4 Å². The Morgan fingerprint density at radius 1 is 1.11 bits per heavy atom. The van der Waals surface area contributed by atoms with Crippen LogP contribution in [0.5, 0.6) is 5.75 Å². The maximum absolute atomic E-state index is 13.2. The highest BCUT2D eigenvalue weighted by molar-refractivity contribution is 6.08. The van der Waals surface area contributed by atoms with Gasteiger partial charge in [-0.2, -0.15) is 0 Å². The molecule has 186 valence electrons. The molecular weight excluding hydrogens is 480 g/mol. The van der Waals surface area contributed by atoms with E-state index >= 15 is 0 Å². The van der Waals surface area contributed by atoms with Crippen LogP contribution in [0.3, 0.4) is 0 Å². The number of aromatic nitrogens is 2. The summed E-state index contributed by atoms with van der Waals surface area (Å²) in [6.45, 7) is 0.0995. The summed E-state index contributed by atoms with van der Waals surface area (Å²) < 4.78 is 11.3. The van der Waals surface area contributed by atoms with Crippen molar-refractivity contribution in [2.24, 2.45) is 0 Å². The minimum Gasteiger partial charge on any atom is -0.497 e. The van der Waals surface area contributed by atoms with Gasteiger partial charge in [-0.05, 0) is 42.0 Å². The van der Waals surface area contributed by atoms with E-state index in [4.69, 9.17) is 14.9 Å². The largest absolute Gasteiger partial charge is 0.497 e. The molecule has 1 saturated heterocycles. The lowest BCUT2D eigenvalue weighted by Crippen LogP contribution is -2.52. The lowest BCUT2D eigenvalue weighted by molar-refractivity contribution is -0.125. The maximum Gasteiger partial charge on any atom is 0.322 e. The number of aromatic amines is 1. The zero-order valence-electron chi connectivity index (χ0n) is 19.5. The third-order valence-corrected chi connectivity index (χ3v) is 6.56. The van der Waals surface area contributed by atoms with E-state index in [9.17, 15) is 19.2 Å². The molecule has 2 aliphatic heterocycles. The van der Waals surface area contributed by atoms with Gasteiger partial charge in [-0.3, -0.25) is 24.7 Å². The number of ether oxygens (including phenoxy) is 1. The van der Waals surface area contributed by atoms with Crippen molar-refractivity contribution in [2.75, 3.05) is 19.4 Å². The van der Waals surface area contributed by atoms with Gasteiger partial charge < -0.3 is 25.1 Å². The summed E-state index contributed by atoms with van der Waals surface area (Å²) >= 11 is 0. The summed E-state index contributed by atoms with van der Waals surface area (Å²) in [4.78, 5) is 58.5. The quantitative estimate of drug-likeness (QED) is 0.298. The van der Waals surface area contributed by atoms with Gasteiger partial charge in [0, 0.05) is 29.1 Å². The van der Waals surface area contributed by atoms with E-state index in [0.29, 0.717) is 33.5 Å². The SMILES string of the molecule is COc1ccc2c(c1)C(=O)N(CC1(c3cc4cc(-c5cc(=O)[nH]c(N)n5)ccc4o3)NC(=O)NC1=O)C2. The summed E-state index contributed by atoms with van der Waals surface area (Å²) in [6.07, 6.45) is 0. The van der Waals surface area contributed by atoms with Crippen molar-refractivity contribution in [2.45, 2.75) is 12.1 Å². The second kappa shape index (κ2) is 7.95. The van der Waals surface area contributed by atoms with Crippen LogP contribution in [0.4, 0.5) is 10.7 Å². The molecule has 1 fully saturated rings. The molecule has 2 aromatic carbocycles. The van der Waals surface area contributed by atoms with Gasteiger partial charge in [0.05, 0.1) is 19.3 Å². The molecule has 12 nitrogen and oxygen atoms in total. The van der Waals surface area contributed by atoms with Crippen LogP contribution in [0.1, 0.15) is 21.7 Å². The predicted octanol–water partition coefficient (Wildman–Crippen LogP) is 1.46. The smallest absolute Gasteiger partial charge is 0.322 e. The number of anilines is 1. The number of furan rings is 1. The van der Waals surface area contributed by atoms with Gasteiger partial charge >= 0.3 is 6.03 Å². The number of methoxy groups -OCH3 is 1. The average molecular weight is 500 g/mol. The summed E-state index contributed by atoms with van der Waals surface area (Å²) in [6, 6.07) is 12.5. The molecule has 2 aliphatic rings. The highest BCUT2D eigenvalue weighted by Gasteiger charge is 2.53. The molecule has 1 unspecified atom stereocenters. The van der Waals surface area contributed by atoms with Crippen LogP contribution in [-0.2, 0) is 16.9 Å². The van der Waals surface area contributed by atoms with E-state index in [1.165, 1.54) is 18.1 Å². The molecule has 0 bridgehead atoms. The second-order valence-corrected chi connectivity index (χ2v) is 8.88. The Morgan fingerprint density at radius 2 is 1.95 bits per heavy atom.